The van der Waals surface area contributed by atoms with Gasteiger partial charge in [-0.25, -0.2) is 5.10 Å². The van der Waals surface area contributed by atoms with Gasteiger partial charge in [0.1, 0.15) is 0 Å². The van der Waals surface area contributed by atoms with Gasteiger partial charge in [-0.1, -0.05) is 33.6 Å². The van der Waals surface area contributed by atoms with E-state index in [1.54, 1.807) is 36.4 Å². The number of aromatic nitrogens is 4. The third kappa shape index (κ3) is 3.15. The van der Waals surface area contributed by atoms with Crippen molar-refractivity contribution in [3.8, 4) is 11.4 Å². The normalized spacial score (nSPS) is 10.5. The molecule has 0 spiro atoms. The molecule has 0 bridgehead atoms. The molecule has 0 aliphatic rings. The molecular weight excluding hydrogens is 370 g/mol. The van der Waals surface area contributed by atoms with E-state index in [1.165, 1.54) is 0 Å². The number of hydrogen-bond donors (Lipinski definition) is 2. The molecule has 1 heterocycles. The lowest BCUT2D eigenvalue weighted by atomic mass is 10.1. The number of halogens is 2. The quantitative estimate of drug-likeness (QED) is 0.730. The van der Waals surface area contributed by atoms with Crippen molar-refractivity contribution < 1.29 is 4.79 Å². The van der Waals surface area contributed by atoms with E-state index in [9.17, 15) is 4.79 Å². The van der Waals surface area contributed by atoms with Gasteiger partial charge in [-0.15, -0.1) is 5.10 Å². The number of H-pyrrole nitrogens is 1. The lowest BCUT2D eigenvalue weighted by molar-refractivity contribution is 0.102. The Kier molecular flexibility index (Phi) is 4.17. The molecule has 110 valence electrons. The highest BCUT2D eigenvalue weighted by molar-refractivity contribution is 9.10. The Labute approximate surface area is 139 Å². The fourth-order valence-corrected chi connectivity index (χ4v) is 2.50. The van der Waals surface area contributed by atoms with E-state index in [0.717, 1.165) is 4.47 Å². The molecule has 0 unspecified atom stereocenters. The summed E-state index contributed by atoms with van der Waals surface area (Å²) in [6.45, 7) is 0. The summed E-state index contributed by atoms with van der Waals surface area (Å²) < 4.78 is 0.825. The molecule has 1 aromatic heterocycles. The van der Waals surface area contributed by atoms with Gasteiger partial charge in [0.05, 0.1) is 5.69 Å². The van der Waals surface area contributed by atoms with Crippen LogP contribution in [-0.4, -0.2) is 26.5 Å². The van der Waals surface area contributed by atoms with Crippen LogP contribution in [0.4, 0.5) is 5.69 Å². The summed E-state index contributed by atoms with van der Waals surface area (Å²) in [5.41, 5.74) is 1.70. The lowest BCUT2D eigenvalue weighted by Crippen LogP contribution is -2.12. The van der Waals surface area contributed by atoms with Crippen LogP contribution in [0.15, 0.2) is 46.9 Å². The molecule has 0 fully saturated rings. The molecule has 0 aliphatic heterocycles. The molecule has 3 rings (SSSR count). The van der Waals surface area contributed by atoms with Gasteiger partial charge >= 0.3 is 0 Å². The number of nitrogens with one attached hydrogen (secondary N) is 2. The van der Waals surface area contributed by atoms with Gasteiger partial charge in [-0.2, -0.15) is 0 Å². The van der Waals surface area contributed by atoms with Gasteiger partial charge in [0.15, 0.2) is 5.82 Å². The summed E-state index contributed by atoms with van der Waals surface area (Å²) in [6, 6.07) is 12.2. The van der Waals surface area contributed by atoms with Gasteiger partial charge < -0.3 is 5.32 Å². The Bertz CT molecular complexity index is 822. The number of amides is 1. The smallest absolute Gasteiger partial charge is 0.255 e. The van der Waals surface area contributed by atoms with Gasteiger partial charge in [0, 0.05) is 20.6 Å². The maximum absolute atomic E-state index is 12.4. The van der Waals surface area contributed by atoms with Crippen molar-refractivity contribution >= 4 is 39.1 Å². The number of carbonyl (C=O) groups is 1. The second-order valence-corrected chi connectivity index (χ2v) is 5.76. The third-order valence-corrected chi connectivity index (χ3v) is 3.65. The number of anilines is 1. The highest BCUT2D eigenvalue weighted by atomic mass is 79.9. The van der Waals surface area contributed by atoms with E-state index >= 15 is 0 Å². The molecule has 0 aliphatic carbocycles. The maximum atomic E-state index is 12.4. The zero-order valence-corrected chi connectivity index (χ0v) is 13.4. The number of nitrogens with zero attached hydrogens (tertiary/aromatic N) is 3. The molecule has 2 aromatic carbocycles. The van der Waals surface area contributed by atoms with E-state index in [-0.39, 0.29) is 5.91 Å². The van der Waals surface area contributed by atoms with Crippen LogP contribution in [0.5, 0.6) is 0 Å². The summed E-state index contributed by atoms with van der Waals surface area (Å²) >= 11 is 9.35. The fraction of sp³-hybridized carbons (Fsp3) is 0. The SMILES string of the molecule is O=C(Nc1cc(Cl)ccc1-c1nnn[nH]1)c1cccc(Br)c1. The van der Waals surface area contributed by atoms with Gasteiger partial charge in [-0.05, 0) is 46.8 Å². The van der Waals surface area contributed by atoms with Crippen molar-refractivity contribution in [3.05, 3.63) is 57.5 Å². The summed E-state index contributed by atoms with van der Waals surface area (Å²) in [6.07, 6.45) is 0. The van der Waals surface area contributed by atoms with Crippen LogP contribution < -0.4 is 5.32 Å². The number of rotatable bonds is 3. The molecule has 22 heavy (non-hydrogen) atoms. The molecule has 0 saturated carbocycles. The van der Waals surface area contributed by atoms with Crippen molar-refractivity contribution in [1.29, 1.82) is 0 Å². The maximum Gasteiger partial charge on any atom is 0.255 e. The molecule has 1 amide bonds. The Morgan fingerprint density at radius 1 is 1.23 bits per heavy atom. The summed E-state index contributed by atoms with van der Waals surface area (Å²) in [7, 11) is 0. The topological polar surface area (TPSA) is 83.6 Å². The number of tetrazole rings is 1. The molecule has 0 saturated heterocycles. The van der Waals surface area contributed by atoms with Crippen molar-refractivity contribution in [2.24, 2.45) is 0 Å². The minimum atomic E-state index is -0.253. The highest BCUT2D eigenvalue weighted by Crippen LogP contribution is 2.28. The number of aromatic amines is 1. The Balaban J connectivity index is 1.95. The van der Waals surface area contributed by atoms with Crippen LogP contribution in [0.25, 0.3) is 11.4 Å². The Morgan fingerprint density at radius 2 is 2.09 bits per heavy atom. The van der Waals surface area contributed by atoms with E-state index in [0.29, 0.717) is 27.7 Å². The first-order valence-corrected chi connectivity index (χ1v) is 7.41. The fourth-order valence-electron chi connectivity index (χ4n) is 1.92. The molecular formula is C14H9BrClN5O. The monoisotopic (exact) mass is 377 g/mol. The summed E-state index contributed by atoms with van der Waals surface area (Å²) in [5, 5.41) is 16.9. The Morgan fingerprint density at radius 3 is 2.82 bits per heavy atom. The molecule has 8 heteroatoms. The van der Waals surface area contributed by atoms with Gasteiger partial charge in [0.25, 0.3) is 5.91 Å². The largest absolute Gasteiger partial charge is 0.321 e. The number of hydrogen-bond acceptors (Lipinski definition) is 4. The van der Waals surface area contributed by atoms with Crippen molar-refractivity contribution in [2.75, 3.05) is 5.32 Å². The zero-order chi connectivity index (χ0) is 15.5. The van der Waals surface area contributed by atoms with Crippen LogP contribution in [-0.2, 0) is 0 Å². The zero-order valence-electron chi connectivity index (χ0n) is 11.0. The minimum Gasteiger partial charge on any atom is -0.321 e. The highest BCUT2D eigenvalue weighted by Gasteiger charge is 2.13. The second kappa shape index (κ2) is 6.25. The van der Waals surface area contributed by atoms with Crippen molar-refractivity contribution in [3.63, 3.8) is 0 Å². The van der Waals surface area contributed by atoms with Crippen LogP contribution in [0.2, 0.25) is 5.02 Å². The molecule has 0 atom stereocenters. The van der Waals surface area contributed by atoms with E-state index in [1.807, 2.05) is 6.07 Å². The first-order chi connectivity index (χ1) is 10.6. The summed E-state index contributed by atoms with van der Waals surface area (Å²) in [4.78, 5) is 12.4. The first-order valence-electron chi connectivity index (χ1n) is 6.24. The molecule has 6 nitrogen and oxygen atoms in total. The standard InChI is InChI=1S/C14H9BrClN5O/c15-9-3-1-2-8(6-9)14(22)17-12-7-10(16)4-5-11(12)13-18-20-21-19-13/h1-7H,(H,17,22)(H,18,19,20,21). The predicted molar refractivity (Wildman–Crippen MR) is 86.7 cm³/mol. The van der Waals surface area contributed by atoms with Crippen molar-refractivity contribution in [2.45, 2.75) is 0 Å². The lowest BCUT2D eigenvalue weighted by Gasteiger charge is -2.10. The van der Waals surface area contributed by atoms with Crippen molar-refractivity contribution in [1.82, 2.24) is 20.6 Å². The molecule has 0 radical (unpaired) electrons. The van der Waals surface area contributed by atoms with Gasteiger partial charge in [0.2, 0.25) is 0 Å². The summed E-state index contributed by atoms with van der Waals surface area (Å²) in [5.74, 6) is 0.193. The van der Waals surface area contributed by atoms with E-state index < -0.39 is 0 Å². The van der Waals surface area contributed by atoms with E-state index in [2.05, 4.69) is 41.9 Å². The predicted octanol–water partition coefficient (Wildman–Crippen LogP) is 3.53. The van der Waals surface area contributed by atoms with Crippen LogP contribution >= 0.6 is 27.5 Å². The molecule has 3 aromatic rings. The Hall–Kier alpha value is -2.25. The minimum absolute atomic E-state index is 0.253. The van der Waals surface area contributed by atoms with Crippen LogP contribution in [0.3, 0.4) is 0 Å². The van der Waals surface area contributed by atoms with Crippen LogP contribution in [0.1, 0.15) is 10.4 Å². The number of carbonyl (C=O) groups excluding carboxylic acids is 1. The molecule has 2 N–H and O–H groups in total. The second-order valence-electron chi connectivity index (χ2n) is 4.40. The first kappa shape index (κ1) is 14.7. The van der Waals surface area contributed by atoms with E-state index in [4.69, 9.17) is 11.6 Å². The number of benzene rings is 2. The van der Waals surface area contributed by atoms with Crippen LogP contribution in [0, 0.1) is 0 Å². The third-order valence-electron chi connectivity index (χ3n) is 2.92. The average Bonchev–Trinajstić information content (AvgIpc) is 3.01. The average molecular weight is 379 g/mol. The van der Waals surface area contributed by atoms with Gasteiger partial charge in [-0.3, -0.25) is 4.79 Å².